The van der Waals surface area contributed by atoms with Crippen molar-refractivity contribution in [3.8, 4) is 0 Å². The van der Waals surface area contributed by atoms with Gasteiger partial charge in [0.1, 0.15) is 0 Å². The third-order valence-electron chi connectivity index (χ3n) is 1.65. The zero-order valence-corrected chi connectivity index (χ0v) is 9.66. The van der Waals surface area contributed by atoms with E-state index in [0.29, 0.717) is 0 Å². The van der Waals surface area contributed by atoms with Crippen LogP contribution in [-0.2, 0) is 14.1 Å². The normalized spacial score (nSPS) is 14.5. The van der Waals surface area contributed by atoms with Crippen molar-refractivity contribution in [2.24, 2.45) is 0 Å². The molecular weight excluding hydrogens is 219 g/mol. The maximum atomic E-state index is 11.3. The second kappa shape index (κ2) is 5.98. The Hall–Kier alpha value is -0.740. The van der Waals surface area contributed by atoms with E-state index in [-0.39, 0.29) is 12.0 Å². The molecule has 0 rings (SSSR count). The topological polar surface area (TPSA) is 76.0 Å². The molecule has 0 aliphatic heterocycles. The van der Waals surface area contributed by atoms with Crippen molar-refractivity contribution >= 4 is 14.6 Å². The fourth-order valence-electron chi connectivity index (χ4n) is 0.761. The van der Waals surface area contributed by atoms with Crippen LogP contribution in [0.15, 0.2) is 24.8 Å². The Kier molecular flexibility index (Phi) is 5.68. The molecule has 0 radical (unpaired) electrons. The molecular formula is C9H15O5P. The van der Waals surface area contributed by atoms with Gasteiger partial charge in [0.15, 0.2) is 0 Å². The number of carbonyl (C=O) groups excluding carboxylic acids is 1. The van der Waals surface area contributed by atoms with E-state index in [0.717, 1.165) is 0 Å². The number of esters is 1. The summed E-state index contributed by atoms with van der Waals surface area (Å²) in [5, 5.41) is 0. The zero-order chi connectivity index (χ0) is 12.1. The smallest absolute Gasteiger partial charge is 0.335 e. The fraction of sp³-hybridized carbons (Fsp3) is 0.444. The highest BCUT2D eigenvalue weighted by Gasteiger charge is 2.33. The lowest BCUT2D eigenvalue weighted by molar-refractivity contribution is -0.179. The number of hydrogen-bond acceptors (Lipinski definition) is 5. The zero-order valence-electron chi connectivity index (χ0n) is 8.77. The van der Waals surface area contributed by atoms with E-state index in [2.05, 4.69) is 13.2 Å². The van der Waals surface area contributed by atoms with E-state index in [1.807, 2.05) is 0 Å². The second-order valence-corrected chi connectivity index (χ2v) is 3.57. The summed E-state index contributed by atoms with van der Waals surface area (Å²) in [6.45, 7) is 9.97. The number of hydrogen-bond donors (Lipinski definition) is 2. The molecule has 0 aliphatic carbocycles. The summed E-state index contributed by atoms with van der Waals surface area (Å²) in [6.07, 6.45) is 1.42. The van der Waals surface area contributed by atoms with Crippen molar-refractivity contribution < 1.29 is 23.8 Å². The van der Waals surface area contributed by atoms with E-state index in [1.165, 1.54) is 13.0 Å². The van der Waals surface area contributed by atoms with Crippen LogP contribution < -0.4 is 0 Å². The van der Waals surface area contributed by atoms with Crippen molar-refractivity contribution in [2.45, 2.75) is 26.1 Å². The maximum Gasteiger partial charge on any atom is 0.335 e. The quantitative estimate of drug-likeness (QED) is 0.240. The highest BCUT2D eigenvalue weighted by Crippen LogP contribution is 2.36. The summed E-state index contributed by atoms with van der Waals surface area (Å²) in [6, 6.07) is 0. The number of rotatable bonds is 6. The molecule has 0 aromatic heterocycles. The van der Waals surface area contributed by atoms with Crippen LogP contribution in [0.25, 0.3) is 0 Å². The van der Waals surface area contributed by atoms with Crippen LogP contribution in [0.5, 0.6) is 0 Å². The maximum absolute atomic E-state index is 11.3. The highest BCUT2D eigenvalue weighted by molar-refractivity contribution is 7.39. The van der Waals surface area contributed by atoms with Crippen molar-refractivity contribution in [1.82, 2.24) is 0 Å². The van der Waals surface area contributed by atoms with Gasteiger partial charge in [0.25, 0.3) is 0 Å². The molecule has 5 nitrogen and oxygen atoms in total. The average Bonchev–Trinajstić information content (AvgIpc) is 2.15. The van der Waals surface area contributed by atoms with Crippen molar-refractivity contribution in [3.05, 3.63) is 24.8 Å². The van der Waals surface area contributed by atoms with Crippen LogP contribution in [-0.4, -0.2) is 21.5 Å². The lowest BCUT2D eigenvalue weighted by atomic mass is 10.2. The molecule has 0 saturated carbocycles. The molecule has 0 aromatic carbocycles. The molecule has 0 aromatic rings. The first kappa shape index (κ1) is 14.3. The van der Waals surface area contributed by atoms with Gasteiger partial charge >= 0.3 is 14.6 Å². The molecule has 15 heavy (non-hydrogen) atoms. The Morgan fingerprint density at radius 2 is 2.13 bits per heavy atom. The molecule has 0 spiro atoms. The standard InChI is InChI=1S/C9H15O5P/c1-5-9(6-2,14-15(11)12)13-8(10)7(3)4/h5,11-12H,1,3,6H2,2,4H3. The monoisotopic (exact) mass is 234 g/mol. The lowest BCUT2D eigenvalue weighted by Crippen LogP contribution is -2.34. The Balaban J connectivity index is 4.71. The van der Waals surface area contributed by atoms with Crippen LogP contribution in [0.1, 0.15) is 20.3 Å². The Labute approximate surface area is 90.0 Å². The third-order valence-corrected chi connectivity index (χ3v) is 2.13. The Bertz CT molecular complexity index is 263. The summed E-state index contributed by atoms with van der Waals surface area (Å²) in [5.74, 6) is -2.18. The fourth-order valence-corrected chi connectivity index (χ4v) is 1.28. The molecule has 0 saturated heterocycles. The SMILES string of the molecule is C=CC(CC)(OC(=O)C(=C)C)OP(O)O. The number of carbonyl (C=O) groups is 1. The van der Waals surface area contributed by atoms with Gasteiger partial charge in [0.2, 0.25) is 5.79 Å². The van der Waals surface area contributed by atoms with Crippen molar-refractivity contribution in [1.29, 1.82) is 0 Å². The molecule has 0 bridgehead atoms. The molecule has 86 valence electrons. The molecule has 1 unspecified atom stereocenters. The molecule has 0 fully saturated rings. The minimum Gasteiger partial charge on any atom is -0.425 e. The summed E-state index contributed by atoms with van der Waals surface area (Å²) in [4.78, 5) is 28.7. The van der Waals surface area contributed by atoms with Gasteiger partial charge in [0.05, 0.1) is 0 Å². The second-order valence-electron chi connectivity index (χ2n) is 2.88. The summed E-state index contributed by atoms with van der Waals surface area (Å²) in [5.41, 5.74) is 0.193. The van der Waals surface area contributed by atoms with Gasteiger partial charge in [-0.2, -0.15) is 0 Å². The van der Waals surface area contributed by atoms with E-state index in [1.54, 1.807) is 6.92 Å². The molecule has 0 amide bonds. The first-order chi connectivity index (χ1) is 6.87. The van der Waals surface area contributed by atoms with E-state index >= 15 is 0 Å². The van der Waals surface area contributed by atoms with Gasteiger partial charge in [-0.05, 0) is 13.0 Å². The van der Waals surface area contributed by atoms with Gasteiger partial charge in [-0.15, -0.1) is 0 Å². The van der Waals surface area contributed by atoms with Crippen LogP contribution in [0.4, 0.5) is 0 Å². The van der Waals surface area contributed by atoms with Gasteiger partial charge in [-0.25, -0.2) is 4.79 Å². The van der Waals surface area contributed by atoms with Crippen LogP contribution in [0, 0.1) is 0 Å². The van der Waals surface area contributed by atoms with Crippen LogP contribution >= 0.6 is 8.60 Å². The highest BCUT2D eigenvalue weighted by atomic mass is 31.2. The first-order valence-electron chi connectivity index (χ1n) is 4.26. The predicted octanol–water partition coefficient (Wildman–Crippen LogP) is 1.63. The van der Waals surface area contributed by atoms with Gasteiger partial charge in [-0.3, -0.25) is 4.52 Å². The van der Waals surface area contributed by atoms with Gasteiger partial charge in [-0.1, -0.05) is 20.1 Å². The summed E-state index contributed by atoms with van der Waals surface area (Å²) < 4.78 is 9.66. The van der Waals surface area contributed by atoms with Gasteiger partial charge in [0, 0.05) is 12.0 Å². The Morgan fingerprint density at radius 3 is 2.40 bits per heavy atom. The largest absolute Gasteiger partial charge is 0.425 e. The first-order valence-corrected chi connectivity index (χ1v) is 5.43. The number of ether oxygens (including phenoxy) is 1. The van der Waals surface area contributed by atoms with Crippen molar-refractivity contribution in [3.63, 3.8) is 0 Å². The summed E-state index contributed by atoms with van der Waals surface area (Å²) in [7, 11) is -2.63. The molecule has 0 heterocycles. The minimum atomic E-state index is -2.63. The third kappa shape index (κ3) is 4.53. The average molecular weight is 234 g/mol. The predicted molar refractivity (Wildman–Crippen MR) is 56.6 cm³/mol. The molecule has 2 N–H and O–H groups in total. The van der Waals surface area contributed by atoms with Crippen molar-refractivity contribution in [2.75, 3.05) is 0 Å². The van der Waals surface area contributed by atoms with Crippen LogP contribution in [0.2, 0.25) is 0 Å². The summed E-state index contributed by atoms with van der Waals surface area (Å²) >= 11 is 0. The van der Waals surface area contributed by atoms with Gasteiger partial charge < -0.3 is 14.5 Å². The molecule has 6 heteroatoms. The molecule has 0 aliphatic rings. The minimum absolute atomic E-state index is 0.193. The Morgan fingerprint density at radius 1 is 1.60 bits per heavy atom. The van der Waals surface area contributed by atoms with E-state index < -0.39 is 20.4 Å². The van der Waals surface area contributed by atoms with E-state index in [9.17, 15) is 4.79 Å². The van der Waals surface area contributed by atoms with E-state index in [4.69, 9.17) is 19.0 Å². The lowest BCUT2D eigenvalue weighted by Gasteiger charge is -2.28. The van der Waals surface area contributed by atoms with Crippen LogP contribution in [0.3, 0.4) is 0 Å². The molecule has 1 atom stereocenters.